The van der Waals surface area contributed by atoms with Gasteiger partial charge in [0.1, 0.15) is 5.75 Å². The van der Waals surface area contributed by atoms with E-state index in [1.807, 2.05) is 12.1 Å². The largest absolute Gasteiger partial charge is 0.497 e. The number of nitrogens with zero attached hydrogens (tertiary/aromatic N) is 4. The summed E-state index contributed by atoms with van der Waals surface area (Å²) in [6.45, 7) is 2.30. The highest BCUT2D eigenvalue weighted by Crippen LogP contribution is 2.37. The maximum Gasteiger partial charge on any atom is 0.257 e. The molecule has 3 heterocycles. The number of carbonyl (C=O) groups is 3. The van der Waals surface area contributed by atoms with Crippen molar-refractivity contribution in [2.45, 2.75) is 25.3 Å². The van der Waals surface area contributed by atoms with E-state index in [2.05, 4.69) is 10.4 Å². The maximum atomic E-state index is 13.3. The van der Waals surface area contributed by atoms with Gasteiger partial charge in [-0.1, -0.05) is 6.07 Å². The van der Waals surface area contributed by atoms with E-state index in [9.17, 15) is 14.4 Å². The number of likely N-dealkylation sites (tertiary alicyclic amines) is 1. The van der Waals surface area contributed by atoms with Crippen molar-refractivity contribution in [3.05, 3.63) is 46.8 Å². The number of hydrogen-bond acceptors (Lipinski definition) is 5. The first-order chi connectivity index (χ1) is 15.1. The van der Waals surface area contributed by atoms with E-state index in [0.29, 0.717) is 35.4 Å². The summed E-state index contributed by atoms with van der Waals surface area (Å²) in [5.74, 6) is -0.474. The van der Waals surface area contributed by atoms with Gasteiger partial charge < -0.3 is 19.9 Å². The first-order valence-corrected chi connectivity index (χ1v) is 10.7. The normalized spacial score (nSPS) is 22.3. The number of methoxy groups -OCH3 is 1. The van der Waals surface area contributed by atoms with Gasteiger partial charge in [0, 0.05) is 46.0 Å². The van der Waals surface area contributed by atoms with Crippen LogP contribution in [0.4, 0.5) is 0 Å². The first-order valence-electron chi connectivity index (χ1n) is 10.7. The molecule has 2 aliphatic heterocycles. The van der Waals surface area contributed by atoms with E-state index < -0.39 is 11.5 Å². The topological polar surface area (TPSA) is 96.8 Å². The van der Waals surface area contributed by atoms with Crippen LogP contribution in [-0.2, 0) is 18.3 Å². The zero-order valence-corrected chi connectivity index (χ0v) is 19.1. The van der Waals surface area contributed by atoms with Crippen molar-refractivity contribution in [1.29, 1.82) is 0 Å². The first kappa shape index (κ1) is 21.9. The number of fused-ring (bicyclic) bond motifs is 1. The number of amides is 3. The van der Waals surface area contributed by atoms with E-state index >= 15 is 0 Å². The number of rotatable bonds is 3. The van der Waals surface area contributed by atoms with Crippen molar-refractivity contribution in [3.63, 3.8) is 0 Å². The van der Waals surface area contributed by atoms with Crippen molar-refractivity contribution in [2.24, 2.45) is 13.0 Å². The highest BCUT2D eigenvalue weighted by Gasteiger charge is 2.53. The number of aromatic nitrogens is 2. The molecule has 0 radical (unpaired) electrons. The molecule has 2 unspecified atom stereocenters. The van der Waals surface area contributed by atoms with Crippen LogP contribution in [0.3, 0.4) is 0 Å². The van der Waals surface area contributed by atoms with Gasteiger partial charge in [0.25, 0.3) is 11.8 Å². The molecule has 0 bridgehead atoms. The summed E-state index contributed by atoms with van der Waals surface area (Å²) >= 11 is 0. The molecule has 0 aliphatic carbocycles. The molecule has 170 valence electrons. The average molecular weight is 440 g/mol. The van der Waals surface area contributed by atoms with Crippen molar-refractivity contribution in [2.75, 3.05) is 34.3 Å². The maximum absolute atomic E-state index is 13.3. The summed E-state index contributed by atoms with van der Waals surface area (Å²) in [5.41, 5.74) is 1.75. The van der Waals surface area contributed by atoms with Crippen LogP contribution in [0.15, 0.2) is 24.4 Å². The third-order valence-electron chi connectivity index (χ3n) is 6.58. The van der Waals surface area contributed by atoms with Crippen LogP contribution in [0.1, 0.15) is 38.4 Å². The summed E-state index contributed by atoms with van der Waals surface area (Å²) in [5, 5.41) is 7.42. The molecule has 2 atom stereocenters. The SMILES string of the molecule is COc1ccc2c(c1)C(=O)NC1(CC2)CN(C(=O)c2cn(C)nc2C)CC1C(=O)N(C)C. The standard InChI is InChI=1S/C23H29N5O4/c1-14-18(11-27(4)25-14)21(30)28-12-19(22(31)26(2)3)23(13-28)9-8-15-6-7-16(32-5)10-17(15)20(29)24-23/h6-7,10-11,19H,8-9,12-13H2,1-5H3,(H,24,29). The molecule has 1 spiro atoms. The minimum absolute atomic E-state index is 0.105. The Kier molecular flexibility index (Phi) is 5.44. The predicted octanol–water partition coefficient (Wildman–Crippen LogP) is 1.01. The summed E-state index contributed by atoms with van der Waals surface area (Å²) in [6, 6.07) is 5.46. The fraction of sp³-hybridized carbons (Fsp3) is 0.478. The molecule has 2 aliphatic rings. The lowest BCUT2D eigenvalue weighted by Crippen LogP contribution is -2.57. The number of benzene rings is 1. The van der Waals surface area contributed by atoms with Gasteiger partial charge in [0.2, 0.25) is 5.91 Å². The van der Waals surface area contributed by atoms with Crippen molar-refractivity contribution in [3.8, 4) is 5.75 Å². The number of nitrogens with one attached hydrogen (secondary N) is 1. The molecule has 3 amide bonds. The molecule has 1 fully saturated rings. The van der Waals surface area contributed by atoms with Gasteiger partial charge in [0.15, 0.2) is 0 Å². The van der Waals surface area contributed by atoms with Gasteiger partial charge in [0.05, 0.1) is 29.8 Å². The van der Waals surface area contributed by atoms with Gasteiger partial charge >= 0.3 is 0 Å². The highest BCUT2D eigenvalue weighted by atomic mass is 16.5. The smallest absolute Gasteiger partial charge is 0.257 e. The van der Waals surface area contributed by atoms with Crippen LogP contribution in [-0.4, -0.2) is 77.1 Å². The monoisotopic (exact) mass is 439 g/mol. The Morgan fingerprint density at radius 2 is 2.06 bits per heavy atom. The molecule has 1 aromatic heterocycles. The van der Waals surface area contributed by atoms with E-state index in [1.165, 1.54) is 4.90 Å². The molecule has 2 aromatic rings. The minimum Gasteiger partial charge on any atom is -0.497 e. The lowest BCUT2D eigenvalue weighted by molar-refractivity contribution is -0.134. The van der Waals surface area contributed by atoms with E-state index in [-0.39, 0.29) is 30.8 Å². The molecular formula is C23H29N5O4. The third kappa shape index (κ3) is 3.61. The lowest BCUT2D eigenvalue weighted by Gasteiger charge is -2.34. The van der Waals surface area contributed by atoms with Gasteiger partial charge in [-0.05, 0) is 37.5 Å². The van der Waals surface area contributed by atoms with Crippen LogP contribution >= 0.6 is 0 Å². The number of aryl methyl sites for hydroxylation is 3. The van der Waals surface area contributed by atoms with Gasteiger partial charge in [-0.25, -0.2) is 0 Å². The Morgan fingerprint density at radius 1 is 1.31 bits per heavy atom. The average Bonchev–Trinajstić information content (AvgIpc) is 3.25. The zero-order valence-electron chi connectivity index (χ0n) is 19.1. The molecule has 9 heteroatoms. The molecule has 1 aromatic carbocycles. The summed E-state index contributed by atoms with van der Waals surface area (Å²) in [4.78, 5) is 43.0. The molecular weight excluding hydrogens is 410 g/mol. The molecule has 32 heavy (non-hydrogen) atoms. The molecule has 1 saturated heterocycles. The van der Waals surface area contributed by atoms with E-state index in [4.69, 9.17) is 4.74 Å². The third-order valence-corrected chi connectivity index (χ3v) is 6.58. The minimum atomic E-state index is -0.851. The predicted molar refractivity (Wildman–Crippen MR) is 118 cm³/mol. The van der Waals surface area contributed by atoms with Crippen molar-refractivity contribution in [1.82, 2.24) is 24.9 Å². The van der Waals surface area contributed by atoms with Crippen LogP contribution in [0.25, 0.3) is 0 Å². The van der Waals surface area contributed by atoms with Crippen LogP contribution in [0.2, 0.25) is 0 Å². The number of carbonyl (C=O) groups excluding carboxylic acids is 3. The van der Waals surface area contributed by atoms with Crippen molar-refractivity contribution >= 4 is 17.7 Å². The van der Waals surface area contributed by atoms with Crippen LogP contribution in [0.5, 0.6) is 5.75 Å². The molecule has 4 rings (SSSR count). The summed E-state index contributed by atoms with van der Waals surface area (Å²) < 4.78 is 6.89. The van der Waals surface area contributed by atoms with Gasteiger partial charge in [-0.15, -0.1) is 0 Å². The van der Waals surface area contributed by atoms with E-state index in [0.717, 1.165) is 5.56 Å². The van der Waals surface area contributed by atoms with Gasteiger partial charge in [-0.3, -0.25) is 19.1 Å². The zero-order chi connectivity index (χ0) is 23.2. The Bertz CT molecular complexity index is 1090. The number of ether oxygens (including phenoxy) is 1. The highest BCUT2D eigenvalue weighted by molar-refractivity contribution is 5.99. The molecule has 1 N–H and O–H groups in total. The van der Waals surface area contributed by atoms with Crippen molar-refractivity contribution < 1.29 is 19.1 Å². The Labute approximate surface area is 187 Å². The quantitative estimate of drug-likeness (QED) is 0.770. The Balaban J connectivity index is 1.70. The second-order valence-electron chi connectivity index (χ2n) is 8.91. The second kappa shape index (κ2) is 7.96. The fourth-order valence-corrected chi connectivity index (χ4v) is 4.88. The molecule has 9 nitrogen and oxygen atoms in total. The fourth-order valence-electron chi connectivity index (χ4n) is 4.88. The Hall–Kier alpha value is -3.36. The summed E-state index contributed by atoms with van der Waals surface area (Å²) in [7, 11) is 6.73. The van der Waals surface area contributed by atoms with Crippen LogP contribution < -0.4 is 10.1 Å². The van der Waals surface area contributed by atoms with Crippen LogP contribution in [0, 0.1) is 12.8 Å². The lowest BCUT2D eigenvalue weighted by atomic mass is 9.81. The molecule has 0 saturated carbocycles. The Morgan fingerprint density at radius 3 is 2.69 bits per heavy atom. The van der Waals surface area contributed by atoms with E-state index in [1.54, 1.807) is 57.0 Å². The number of hydrogen-bond donors (Lipinski definition) is 1. The second-order valence-corrected chi connectivity index (χ2v) is 8.91. The summed E-state index contributed by atoms with van der Waals surface area (Å²) in [6.07, 6.45) is 2.86. The van der Waals surface area contributed by atoms with Gasteiger partial charge in [-0.2, -0.15) is 5.10 Å².